The van der Waals surface area contributed by atoms with E-state index in [2.05, 4.69) is 9.62 Å². The molecule has 1 heterocycles. The van der Waals surface area contributed by atoms with E-state index in [-0.39, 0.29) is 6.10 Å². The third-order valence-corrected chi connectivity index (χ3v) is 5.59. The van der Waals surface area contributed by atoms with Crippen molar-refractivity contribution in [1.82, 2.24) is 13.9 Å². The maximum atomic E-state index is 12.2. The Morgan fingerprint density at radius 2 is 2.09 bits per heavy atom. The molecule has 0 spiro atoms. The van der Waals surface area contributed by atoms with Gasteiger partial charge in [0, 0.05) is 26.7 Å². The van der Waals surface area contributed by atoms with Gasteiger partial charge >= 0.3 is 0 Å². The molecule has 1 aliphatic heterocycles. The van der Waals surface area contributed by atoms with Gasteiger partial charge in [-0.05, 0) is 37.9 Å². The standard InChI is InChI=1S/C16H27N3O3S/c1-18(13-15-7-3-2-4-8-15)23(21,22)17-10-6-12-19-11-5-9-16(20)14-19/h2-4,7-8,16-17,20H,5-6,9-14H2,1H3/t16-/m0/s1. The lowest BCUT2D eigenvalue weighted by molar-refractivity contribution is 0.0703. The Balaban J connectivity index is 1.71. The highest BCUT2D eigenvalue weighted by molar-refractivity contribution is 7.87. The molecule has 1 aromatic carbocycles. The highest BCUT2D eigenvalue weighted by atomic mass is 32.2. The molecule has 23 heavy (non-hydrogen) atoms. The second-order valence-electron chi connectivity index (χ2n) is 6.09. The van der Waals surface area contributed by atoms with Crippen molar-refractivity contribution in [2.45, 2.75) is 31.9 Å². The van der Waals surface area contributed by atoms with E-state index >= 15 is 0 Å². The molecule has 0 bridgehead atoms. The van der Waals surface area contributed by atoms with Crippen LogP contribution in [0.2, 0.25) is 0 Å². The lowest BCUT2D eigenvalue weighted by Gasteiger charge is -2.29. The first-order chi connectivity index (χ1) is 11.0. The van der Waals surface area contributed by atoms with Gasteiger partial charge < -0.3 is 10.0 Å². The van der Waals surface area contributed by atoms with Crippen LogP contribution in [-0.2, 0) is 16.8 Å². The molecule has 0 radical (unpaired) electrons. The predicted octanol–water partition coefficient (Wildman–Crippen LogP) is 0.800. The average molecular weight is 341 g/mol. The third-order valence-electron chi connectivity index (χ3n) is 4.07. The zero-order chi connectivity index (χ0) is 16.7. The predicted molar refractivity (Wildman–Crippen MR) is 91.1 cm³/mol. The van der Waals surface area contributed by atoms with Crippen molar-refractivity contribution in [2.24, 2.45) is 0 Å². The summed E-state index contributed by atoms with van der Waals surface area (Å²) in [5, 5.41) is 9.62. The summed E-state index contributed by atoms with van der Waals surface area (Å²) < 4.78 is 28.4. The number of hydrogen-bond donors (Lipinski definition) is 2. The molecule has 130 valence electrons. The normalized spacial score (nSPS) is 20.0. The van der Waals surface area contributed by atoms with Crippen molar-refractivity contribution >= 4 is 10.2 Å². The molecular formula is C16H27N3O3S. The number of hydrogen-bond acceptors (Lipinski definition) is 4. The summed E-state index contributed by atoms with van der Waals surface area (Å²) in [6.45, 7) is 3.25. The zero-order valence-corrected chi connectivity index (χ0v) is 14.5. The fourth-order valence-corrected chi connectivity index (χ4v) is 3.72. The molecular weight excluding hydrogens is 314 g/mol. The van der Waals surface area contributed by atoms with E-state index in [0.29, 0.717) is 19.6 Å². The molecule has 1 saturated heterocycles. The quantitative estimate of drug-likeness (QED) is 0.686. The summed E-state index contributed by atoms with van der Waals surface area (Å²) in [7, 11) is -1.88. The molecule has 1 aromatic rings. The Bertz CT molecular complexity index is 565. The zero-order valence-electron chi connectivity index (χ0n) is 13.7. The van der Waals surface area contributed by atoms with Gasteiger partial charge in [-0.25, -0.2) is 4.72 Å². The topological polar surface area (TPSA) is 72.9 Å². The number of likely N-dealkylation sites (tertiary alicyclic amines) is 1. The van der Waals surface area contributed by atoms with Crippen LogP contribution in [0.15, 0.2) is 30.3 Å². The van der Waals surface area contributed by atoms with Gasteiger partial charge in [0.05, 0.1) is 6.10 Å². The van der Waals surface area contributed by atoms with E-state index < -0.39 is 10.2 Å². The van der Waals surface area contributed by atoms with Crippen molar-refractivity contribution in [3.8, 4) is 0 Å². The van der Waals surface area contributed by atoms with Crippen LogP contribution in [0.5, 0.6) is 0 Å². The van der Waals surface area contributed by atoms with Crippen molar-refractivity contribution in [2.75, 3.05) is 33.2 Å². The van der Waals surface area contributed by atoms with E-state index in [1.165, 1.54) is 4.31 Å². The first-order valence-corrected chi connectivity index (χ1v) is 9.56. The smallest absolute Gasteiger partial charge is 0.279 e. The van der Waals surface area contributed by atoms with Gasteiger partial charge in [-0.3, -0.25) is 0 Å². The molecule has 2 rings (SSSR count). The van der Waals surface area contributed by atoms with Crippen LogP contribution >= 0.6 is 0 Å². The van der Waals surface area contributed by atoms with Gasteiger partial charge in [0.2, 0.25) is 0 Å². The van der Waals surface area contributed by atoms with E-state index in [1.807, 2.05) is 30.3 Å². The summed E-state index contributed by atoms with van der Waals surface area (Å²) in [6.07, 6.45) is 2.38. The molecule has 6 nitrogen and oxygen atoms in total. The molecule has 0 aliphatic carbocycles. The molecule has 1 fully saturated rings. The van der Waals surface area contributed by atoms with Crippen LogP contribution in [0.4, 0.5) is 0 Å². The van der Waals surface area contributed by atoms with Gasteiger partial charge in [0.15, 0.2) is 0 Å². The maximum Gasteiger partial charge on any atom is 0.279 e. The SMILES string of the molecule is CN(Cc1ccccc1)S(=O)(=O)NCCCN1CCC[C@H](O)C1. The average Bonchev–Trinajstić information content (AvgIpc) is 2.53. The number of nitrogens with zero attached hydrogens (tertiary/aromatic N) is 2. The van der Waals surface area contributed by atoms with E-state index in [4.69, 9.17) is 0 Å². The molecule has 1 aliphatic rings. The summed E-state index contributed by atoms with van der Waals surface area (Å²) in [4.78, 5) is 2.19. The highest BCUT2D eigenvalue weighted by Crippen LogP contribution is 2.10. The maximum absolute atomic E-state index is 12.2. The van der Waals surface area contributed by atoms with Crippen LogP contribution in [0.3, 0.4) is 0 Å². The first-order valence-electron chi connectivity index (χ1n) is 8.12. The van der Waals surface area contributed by atoms with Gasteiger partial charge in [-0.1, -0.05) is 30.3 Å². The second kappa shape index (κ2) is 8.75. The lowest BCUT2D eigenvalue weighted by Crippen LogP contribution is -2.41. The molecule has 7 heteroatoms. The molecule has 2 N–H and O–H groups in total. The minimum absolute atomic E-state index is 0.238. The fraction of sp³-hybridized carbons (Fsp3) is 0.625. The van der Waals surface area contributed by atoms with Crippen LogP contribution in [-0.4, -0.2) is 62.1 Å². The Kier molecular flexibility index (Phi) is 6.98. The summed E-state index contributed by atoms with van der Waals surface area (Å²) in [5.74, 6) is 0. The van der Waals surface area contributed by atoms with Crippen molar-refractivity contribution in [3.05, 3.63) is 35.9 Å². The molecule has 0 aromatic heterocycles. The molecule has 1 atom stereocenters. The Labute approximate surface area is 139 Å². The lowest BCUT2D eigenvalue weighted by atomic mass is 10.1. The highest BCUT2D eigenvalue weighted by Gasteiger charge is 2.19. The number of nitrogens with one attached hydrogen (secondary N) is 1. The minimum atomic E-state index is -3.46. The van der Waals surface area contributed by atoms with Gasteiger partial charge in [0.1, 0.15) is 0 Å². The molecule has 0 amide bonds. The number of aliphatic hydroxyl groups excluding tert-OH is 1. The second-order valence-corrected chi connectivity index (χ2v) is 7.95. The van der Waals surface area contributed by atoms with Crippen LogP contribution in [0, 0.1) is 0 Å². The third kappa shape index (κ3) is 6.19. The summed E-state index contributed by atoms with van der Waals surface area (Å²) in [6, 6.07) is 9.53. The largest absolute Gasteiger partial charge is 0.392 e. The van der Waals surface area contributed by atoms with Crippen LogP contribution in [0.1, 0.15) is 24.8 Å². The number of benzene rings is 1. The number of β-amino-alcohol motifs (C(OH)–C–C–N with tert-alkyl or cyclic N) is 1. The van der Waals surface area contributed by atoms with Crippen molar-refractivity contribution in [1.29, 1.82) is 0 Å². The van der Waals surface area contributed by atoms with E-state index in [0.717, 1.165) is 37.9 Å². The van der Waals surface area contributed by atoms with Crippen molar-refractivity contribution in [3.63, 3.8) is 0 Å². The number of piperidine rings is 1. The van der Waals surface area contributed by atoms with Crippen LogP contribution < -0.4 is 4.72 Å². The van der Waals surface area contributed by atoms with Crippen LogP contribution in [0.25, 0.3) is 0 Å². The fourth-order valence-electron chi connectivity index (χ4n) is 2.77. The Morgan fingerprint density at radius 1 is 1.35 bits per heavy atom. The number of rotatable bonds is 8. The first kappa shape index (κ1) is 18.4. The van der Waals surface area contributed by atoms with Gasteiger partial charge in [-0.15, -0.1) is 0 Å². The Hall–Kier alpha value is -0.990. The van der Waals surface area contributed by atoms with E-state index in [1.54, 1.807) is 7.05 Å². The number of aliphatic hydroxyl groups is 1. The van der Waals surface area contributed by atoms with E-state index in [9.17, 15) is 13.5 Å². The summed E-state index contributed by atoms with van der Waals surface area (Å²) >= 11 is 0. The van der Waals surface area contributed by atoms with Gasteiger partial charge in [0.25, 0.3) is 10.2 Å². The molecule has 0 unspecified atom stereocenters. The van der Waals surface area contributed by atoms with Crippen molar-refractivity contribution < 1.29 is 13.5 Å². The summed E-state index contributed by atoms with van der Waals surface area (Å²) in [5.41, 5.74) is 0.961. The Morgan fingerprint density at radius 3 is 2.78 bits per heavy atom. The molecule has 0 saturated carbocycles. The monoisotopic (exact) mass is 341 g/mol. The van der Waals surface area contributed by atoms with Gasteiger partial charge in [-0.2, -0.15) is 12.7 Å². The minimum Gasteiger partial charge on any atom is -0.392 e.